The molecule has 4 heteroatoms. The molecule has 3 heterocycles. The fraction of sp³-hybridized carbons (Fsp3) is 0.684. The van der Waals surface area contributed by atoms with E-state index in [0.29, 0.717) is 5.92 Å². The van der Waals surface area contributed by atoms with Crippen LogP contribution in [0.15, 0.2) is 24.3 Å². The third kappa shape index (κ3) is 3.38. The van der Waals surface area contributed by atoms with Gasteiger partial charge in [0.25, 0.3) is 0 Å². The Morgan fingerprint density at radius 1 is 0.870 bits per heavy atom. The van der Waals surface area contributed by atoms with E-state index in [2.05, 4.69) is 14.7 Å². The molecule has 1 aromatic carbocycles. The summed E-state index contributed by atoms with van der Waals surface area (Å²) in [5.41, 5.74) is 0.797. The summed E-state index contributed by atoms with van der Waals surface area (Å²) < 4.78 is 14.0. The average molecular weight is 317 g/mol. The Bertz CT molecular complexity index is 529. The third-order valence-electron chi connectivity index (χ3n) is 6.01. The summed E-state index contributed by atoms with van der Waals surface area (Å²) in [4.78, 5) is 7.52. The second-order valence-corrected chi connectivity index (χ2v) is 7.51. The predicted molar refractivity (Wildman–Crippen MR) is 92.3 cm³/mol. The van der Waals surface area contributed by atoms with Gasteiger partial charge in [0.05, 0.1) is 5.69 Å². The maximum atomic E-state index is 14.0. The molecule has 3 aliphatic heterocycles. The maximum absolute atomic E-state index is 14.0. The summed E-state index contributed by atoms with van der Waals surface area (Å²) in [7, 11) is 0. The van der Waals surface area contributed by atoms with Crippen LogP contribution in [0.4, 0.5) is 10.1 Å². The monoisotopic (exact) mass is 317 g/mol. The van der Waals surface area contributed by atoms with E-state index >= 15 is 0 Å². The zero-order chi connectivity index (χ0) is 15.6. The lowest BCUT2D eigenvalue weighted by Gasteiger charge is -2.35. The molecule has 3 aliphatic rings. The molecule has 3 saturated heterocycles. The Morgan fingerprint density at radius 3 is 2.43 bits per heavy atom. The maximum Gasteiger partial charge on any atom is 0.146 e. The molecule has 0 N–H and O–H groups in total. The molecule has 126 valence electrons. The van der Waals surface area contributed by atoms with Crippen LogP contribution in [0, 0.1) is 17.7 Å². The molecule has 1 aromatic rings. The van der Waals surface area contributed by atoms with E-state index < -0.39 is 0 Å². The van der Waals surface area contributed by atoms with Gasteiger partial charge in [0.1, 0.15) is 5.82 Å². The lowest BCUT2D eigenvalue weighted by Crippen LogP contribution is -2.43. The second-order valence-electron chi connectivity index (χ2n) is 7.51. The first-order valence-corrected chi connectivity index (χ1v) is 9.24. The van der Waals surface area contributed by atoms with Crippen LogP contribution in [0.25, 0.3) is 0 Å². The number of hydrogen-bond donors (Lipinski definition) is 0. The van der Waals surface area contributed by atoms with Crippen LogP contribution in [-0.4, -0.2) is 62.2 Å². The topological polar surface area (TPSA) is 9.72 Å². The SMILES string of the molecule is Fc1ccccc1N1C[C@H]2CN(CCN3CCCC3)CC[C@H]2C1. The number of anilines is 1. The fourth-order valence-corrected chi connectivity index (χ4v) is 4.64. The molecule has 3 nitrogen and oxygen atoms in total. The summed E-state index contributed by atoms with van der Waals surface area (Å²) in [5, 5.41) is 0. The van der Waals surface area contributed by atoms with Crippen molar-refractivity contribution in [1.82, 2.24) is 9.80 Å². The average Bonchev–Trinajstić information content (AvgIpc) is 3.22. The normalized spacial score (nSPS) is 29.2. The molecule has 4 rings (SSSR count). The first-order chi connectivity index (χ1) is 11.3. The lowest BCUT2D eigenvalue weighted by molar-refractivity contribution is 0.135. The molecular weight excluding hydrogens is 289 g/mol. The first kappa shape index (κ1) is 15.4. The molecule has 2 atom stereocenters. The highest BCUT2D eigenvalue weighted by Crippen LogP contribution is 2.34. The molecule has 0 aliphatic carbocycles. The number of benzene rings is 1. The number of rotatable bonds is 4. The van der Waals surface area contributed by atoms with E-state index in [9.17, 15) is 4.39 Å². The van der Waals surface area contributed by atoms with Crippen molar-refractivity contribution in [2.75, 3.05) is 57.3 Å². The van der Waals surface area contributed by atoms with Crippen LogP contribution < -0.4 is 4.90 Å². The predicted octanol–water partition coefficient (Wildman–Crippen LogP) is 2.68. The van der Waals surface area contributed by atoms with Gasteiger partial charge < -0.3 is 14.7 Å². The van der Waals surface area contributed by atoms with Gasteiger partial charge in [-0.25, -0.2) is 4.39 Å². The Balaban J connectivity index is 1.32. The summed E-state index contributed by atoms with van der Waals surface area (Å²) in [6, 6.07) is 7.24. The second kappa shape index (κ2) is 6.78. The molecule has 0 unspecified atom stereocenters. The standard InChI is InChI=1S/C19H28FN3/c20-18-5-1-2-6-19(18)23-14-16-7-10-22(13-17(16)15-23)12-11-21-8-3-4-9-21/h1-2,5-6,16-17H,3-4,7-15H2/t16-,17+/m0/s1. The van der Waals surface area contributed by atoms with Gasteiger partial charge in [-0.3, -0.25) is 0 Å². The summed E-state index contributed by atoms with van der Waals surface area (Å²) in [6.45, 7) is 9.50. The van der Waals surface area contributed by atoms with E-state index in [1.54, 1.807) is 12.1 Å². The largest absolute Gasteiger partial charge is 0.369 e. The van der Waals surface area contributed by atoms with Gasteiger partial charge in [-0.1, -0.05) is 12.1 Å². The molecule has 0 saturated carbocycles. The van der Waals surface area contributed by atoms with E-state index in [4.69, 9.17) is 0 Å². The molecule has 0 aromatic heterocycles. The van der Waals surface area contributed by atoms with Gasteiger partial charge >= 0.3 is 0 Å². The minimum atomic E-state index is -0.0722. The van der Waals surface area contributed by atoms with Crippen molar-refractivity contribution in [2.45, 2.75) is 19.3 Å². The lowest BCUT2D eigenvalue weighted by atomic mass is 9.89. The van der Waals surface area contributed by atoms with Gasteiger partial charge in [-0.2, -0.15) is 0 Å². The van der Waals surface area contributed by atoms with Crippen molar-refractivity contribution in [3.63, 3.8) is 0 Å². The van der Waals surface area contributed by atoms with Crippen LogP contribution in [-0.2, 0) is 0 Å². The van der Waals surface area contributed by atoms with Crippen molar-refractivity contribution < 1.29 is 4.39 Å². The molecule has 0 spiro atoms. The zero-order valence-corrected chi connectivity index (χ0v) is 14.0. The van der Waals surface area contributed by atoms with Gasteiger partial charge in [-0.05, 0) is 62.9 Å². The molecule has 23 heavy (non-hydrogen) atoms. The molecule has 0 bridgehead atoms. The molecular formula is C19H28FN3. The number of piperidine rings is 1. The van der Waals surface area contributed by atoms with E-state index in [1.807, 2.05) is 12.1 Å². The number of nitrogens with zero attached hydrogens (tertiary/aromatic N) is 3. The fourth-order valence-electron chi connectivity index (χ4n) is 4.64. The van der Waals surface area contributed by atoms with Crippen molar-refractivity contribution >= 4 is 5.69 Å². The highest BCUT2D eigenvalue weighted by Gasteiger charge is 2.37. The minimum Gasteiger partial charge on any atom is -0.369 e. The minimum absolute atomic E-state index is 0.0722. The molecule has 3 fully saturated rings. The summed E-state index contributed by atoms with van der Waals surface area (Å²) in [5.74, 6) is 1.39. The van der Waals surface area contributed by atoms with Crippen molar-refractivity contribution in [2.24, 2.45) is 11.8 Å². The Morgan fingerprint density at radius 2 is 1.61 bits per heavy atom. The van der Waals surface area contributed by atoms with Crippen LogP contribution in [0.3, 0.4) is 0 Å². The quantitative estimate of drug-likeness (QED) is 0.845. The van der Waals surface area contributed by atoms with Gasteiger partial charge in [-0.15, -0.1) is 0 Å². The zero-order valence-electron chi connectivity index (χ0n) is 14.0. The number of hydrogen-bond acceptors (Lipinski definition) is 3. The van der Waals surface area contributed by atoms with Crippen LogP contribution in [0.5, 0.6) is 0 Å². The van der Waals surface area contributed by atoms with Gasteiger partial charge in [0, 0.05) is 32.7 Å². The van der Waals surface area contributed by atoms with Crippen LogP contribution >= 0.6 is 0 Å². The van der Waals surface area contributed by atoms with Crippen molar-refractivity contribution in [3.8, 4) is 0 Å². The summed E-state index contributed by atoms with van der Waals surface area (Å²) in [6.07, 6.45) is 4.03. The van der Waals surface area contributed by atoms with E-state index in [-0.39, 0.29) is 5.82 Å². The van der Waals surface area contributed by atoms with Gasteiger partial charge in [0.2, 0.25) is 0 Å². The van der Waals surface area contributed by atoms with Crippen molar-refractivity contribution in [1.29, 1.82) is 0 Å². The number of halogens is 1. The van der Waals surface area contributed by atoms with Crippen molar-refractivity contribution in [3.05, 3.63) is 30.1 Å². The smallest absolute Gasteiger partial charge is 0.146 e. The number of fused-ring (bicyclic) bond motifs is 1. The van der Waals surface area contributed by atoms with Gasteiger partial charge in [0.15, 0.2) is 0 Å². The number of para-hydroxylation sites is 1. The first-order valence-electron chi connectivity index (χ1n) is 9.24. The third-order valence-corrected chi connectivity index (χ3v) is 6.01. The molecule has 0 radical (unpaired) electrons. The van der Waals surface area contributed by atoms with Crippen LogP contribution in [0.2, 0.25) is 0 Å². The Kier molecular flexibility index (Phi) is 4.54. The molecule has 0 amide bonds. The Hall–Kier alpha value is -1.13. The summed E-state index contributed by atoms with van der Waals surface area (Å²) >= 11 is 0. The number of likely N-dealkylation sites (tertiary alicyclic amines) is 2. The van der Waals surface area contributed by atoms with Crippen LogP contribution in [0.1, 0.15) is 19.3 Å². The Labute approximate surface area is 139 Å². The van der Waals surface area contributed by atoms with E-state index in [1.165, 1.54) is 58.5 Å². The highest BCUT2D eigenvalue weighted by molar-refractivity contribution is 5.48. The highest BCUT2D eigenvalue weighted by atomic mass is 19.1. The van der Waals surface area contributed by atoms with E-state index in [0.717, 1.165) is 24.7 Å².